The van der Waals surface area contributed by atoms with E-state index in [1.807, 2.05) is 0 Å². The van der Waals surface area contributed by atoms with E-state index in [0.29, 0.717) is 25.7 Å². The number of benzene rings is 1. The number of hydrogen-bond donors (Lipinski definition) is 1. The van der Waals surface area contributed by atoms with Gasteiger partial charge in [-0.2, -0.15) is 0 Å². The van der Waals surface area contributed by atoms with Gasteiger partial charge < -0.3 is 19.5 Å². The SMILES string of the molecule is COCCNC(=O)C(C)C1CCc2c(C)cc(OCCN3CCOCC3)c(C)c2C1. The second kappa shape index (κ2) is 11.1. The van der Waals surface area contributed by atoms with E-state index in [1.165, 1.54) is 22.3 Å². The molecule has 1 heterocycles. The van der Waals surface area contributed by atoms with E-state index in [2.05, 4.69) is 37.1 Å². The summed E-state index contributed by atoms with van der Waals surface area (Å²) in [7, 11) is 1.65. The molecule has 1 aliphatic heterocycles. The molecule has 0 radical (unpaired) electrons. The van der Waals surface area contributed by atoms with Crippen LogP contribution in [0.15, 0.2) is 6.07 Å². The minimum absolute atomic E-state index is 0.000562. The number of ether oxygens (including phenoxy) is 3. The van der Waals surface area contributed by atoms with Crippen molar-refractivity contribution in [2.24, 2.45) is 11.8 Å². The van der Waals surface area contributed by atoms with Crippen LogP contribution in [-0.2, 0) is 27.1 Å². The first kappa shape index (κ1) is 23.0. The van der Waals surface area contributed by atoms with Crippen LogP contribution in [0, 0.1) is 25.7 Å². The first-order chi connectivity index (χ1) is 14.5. The average molecular weight is 419 g/mol. The Labute approximate surface area is 181 Å². The van der Waals surface area contributed by atoms with E-state index in [4.69, 9.17) is 14.2 Å². The van der Waals surface area contributed by atoms with Crippen LogP contribution in [0.25, 0.3) is 0 Å². The van der Waals surface area contributed by atoms with Crippen LogP contribution in [0.4, 0.5) is 0 Å². The van der Waals surface area contributed by atoms with E-state index in [9.17, 15) is 4.79 Å². The van der Waals surface area contributed by atoms with Gasteiger partial charge in [0.05, 0.1) is 19.8 Å². The molecule has 2 atom stereocenters. The van der Waals surface area contributed by atoms with E-state index in [0.717, 1.165) is 57.9 Å². The molecule has 168 valence electrons. The van der Waals surface area contributed by atoms with Gasteiger partial charge in [0.2, 0.25) is 5.91 Å². The van der Waals surface area contributed by atoms with Crippen molar-refractivity contribution in [2.75, 3.05) is 59.7 Å². The summed E-state index contributed by atoms with van der Waals surface area (Å²) in [4.78, 5) is 14.9. The summed E-state index contributed by atoms with van der Waals surface area (Å²) in [5.74, 6) is 1.49. The van der Waals surface area contributed by atoms with Crippen molar-refractivity contribution in [2.45, 2.75) is 40.0 Å². The van der Waals surface area contributed by atoms with Gasteiger partial charge in [-0.25, -0.2) is 0 Å². The lowest BCUT2D eigenvalue weighted by atomic mass is 9.74. The maximum Gasteiger partial charge on any atom is 0.223 e. The third kappa shape index (κ3) is 5.74. The molecule has 0 bridgehead atoms. The molecule has 1 fully saturated rings. The smallest absolute Gasteiger partial charge is 0.223 e. The number of nitrogens with one attached hydrogen (secondary N) is 1. The van der Waals surface area contributed by atoms with Gasteiger partial charge in [0.1, 0.15) is 12.4 Å². The summed E-state index contributed by atoms with van der Waals surface area (Å²) in [5, 5.41) is 3.00. The normalized spacial score (nSPS) is 20.5. The highest BCUT2D eigenvalue weighted by atomic mass is 16.5. The van der Waals surface area contributed by atoms with Crippen molar-refractivity contribution in [3.63, 3.8) is 0 Å². The quantitative estimate of drug-likeness (QED) is 0.625. The molecule has 30 heavy (non-hydrogen) atoms. The molecule has 1 aliphatic carbocycles. The zero-order valence-corrected chi connectivity index (χ0v) is 19.1. The number of morpholine rings is 1. The summed E-state index contributed by atoms with van der Waals surface area (Å²) in [6.07, 6.45) is 3.04. The number of hydrogen-bond acceptors (Lipinski definition) is 5. The molecule has 0 aromatic heterocycles. The molecule has 1 amide bonds. The van der Waals surface area contributed by atoms with Crippen molar-refractivity contribution in [3.8, 4) is 5.75 Å². The molecular formula is C24H38N2O4. The van der Waals surface area contributed by atoms with Crippen molar-refractivity contribution in [1.29, 1.82) is 0 Å². The summed E-state index contributed by atoms with van der Waals surface area (Å²) < 4.78 is 16.7. The van der Waals surface area contributed by atoms with Crippen molar-refractivity contribution < 1.29 is 19.0 Å². The second-order valence-electron chi connectivity index (χ2n) is 8.65. The number of nitrogens with zero attached hydrogens (tertiary/aromatic N) is 1. The fourth-order valence-electron chi connectivity index (χ4n) is 4.66. The summed E-state index contributed by atoms with van der Waals surface area (Å²) in [5.41, 5.74) is 5.40. The van der Waals surface area contributed by atoms with Gasteiger partial charge in [-0.05, 0) is 67.3 Å². The Kier molecular flexibility index (Phi) is 8.54. The van der Waals surface area contributed by atoms with Crippen LogP contribution >= 0.6 is 0 Å². The lowest BCUT2D eigenvalue weighted by molar-refractivity contribution is -0.126. The van der Waals surface area contributed by atoms with Gasteiger partial charge in [-0.1, -0.05) is 6.92 Å². The third-order valence-electron chi connectivity index (χ3n) is 6.74. The van der Waals surface area contributed by atoms with Gasteiger partial charge in [-0.15, -0.1) is 0 Å². The molecule has 1 aromatic rings. The molecule has 6 nitrogen and oxygen atoms in total. The Hall–Kier alpha value is -1.63. The molecule has 0 saturated carbocycles. The van der Waals surface area contributed by atoms with Gasteiger partial charge >= 0.3 is 0 Å². The Bertz CT molecular complexity index is 716. The number of fused-ring (bicyclic) bond motifs is 1. The topological polar surface area (TPSA) is 60.0 Å². The lowest BCUT2D eigenvalue weighted by Gasteiger charge is -2.32. The van der Waals surface area contributed by atoms with Gasteiger partial charge in [0.15, 0.2) is 0 Å². The molecule has 0 spiro atoms. The fourth-order valence-corrected chi connectivity index (χ4v) is 4.66. The van der Waals surface area contributed by atoms with E-state index in [-0.39, 0.29) is 11.8 Å². The van der Waals surface area contributed by atoms with E-state index >= 15 is 0 Å². The van der Waals surface area contributed by atoms with Crippen LogP contribution < -0.4 is 10.1 Å². The number of methoxy groups -OCH3 is 1. The van der Waals surface area contributed by atoms with E-state index < -0.39 is 0 Å². The largest absolute Gasteiger partial charge is 0.492 e. The maximum absolute atomic E-state index is 12.5. The first-order valence-electron chi connectivity index (χ1n) is 11.3. The summed E-state index contributed by atoms with van der Waals surface area (Å²) in [6, 6.07) is 2.20. The molecule has 2 aliphatic rings. The zero-order chi connectivity index (χ0) is 21.5. The van der Waals surface area contributed by atoms with Crippen LogP contribution in [0.3, 0.4) is 0 Å². The van der Waals surface area contributed by atoms with Gasteiger partial charge in [0, 0.05) is 39.2 Å². The predicted molar refractivity (Wildman–Crippen MR) is 118 cm³/mol. The van der Waals surface area contributed by atoms with Crippen molar-refractivity contribution in [1.82, 2.24) is 10.2 Å². The number of carbonyl (C=O) groups is 1. The Balaban J connectivity index is 1.63. The van der Waals surface area contributed by atoms with Crippen molar-refractivity contribution >= 4 is 5.91 Å². The highest BCUT2D eigenvalue weighted by Gasteiger charge is 2.30. The lowest BCUT2D eigenvalue weighted by Crippen LogP contribution is -2.38. The Morgan fingerprint density at radius 2 is 2.03 bits per heavy atom. The molecule has 2 unspecified atom stereocenters. The highest BCUT2D eigenvalue weighted by molar-refractivity contribution is 5.78. The number of rotatable bonds is 9. The minimum Gasteiger partial charge on any atom is -0.492 e. The second-order valence-corrected chi connectivity index (χ2v) is 8.65. The molecule has 3 rings (SSSR count). The third-order valence-corrected chi connectivity index (χ3v) is 6.74. The summed E-state index contributed by atoms with van der Waals surface area (Å²) >= 11 is 0. The van der Waals surface area contributed by atoms with Gasteiger partial charge in [-0.3, -0.25) is 9.69 Å². The molecule has 1 N–H and O–H groups in total. The van der Waals surface area contributed by atoms with Crippen LogP contribution in [-0.4, -0.2) is 70.5 Å². The highest BCUT2D eigenvalue weighted by Crippen LogP contribution is 2.37. The first-order valence-corrected chi connectivity index (χ1v) is 11.3. The monoisotopic (exact) mass is 418 g/mol. The van der Waals surface area contributed by atoms with Crippen LogP contribution in [0.5, 0.6) is 5.75 Å². The average Bonchev–Trinajstić information content (AvgIpc) is 2.77. The Morgan fingerprint density at radius 3 is 2.77 bits per heavy atom. The number of carbonyl (C=O) groups excluding carboxylic acids is 1. The predicted octanol–water partition coefficient (Wildman–Crippen LogP) is 2.52. The van der Waals surface area contributed by atoms with Crippen molar-refractivity contribution in [3.05, 3.63) is 28.3 Å². The molecule has 1 aromatic carbocycles. The zero-order valence-electron chi connectivity index (χ0n) is 19.1. The number of amides is 1. The number of aryl methyl sites for hydroxylation is 1. The molecule has 6 heteroatoms. The van der Waals surface area contributed by atoms with Crippen LogP contribution in [0.1, 0.15) is 35.6 Å². The standard InChI is InChI=1S/C24H38N2O4/c1-17-15-23(30-14-10-26-8-12-29-13-9-26)19(3)22-16-20(5-6-21(17)22)18(2)24(27)25-7-11-28-4/h15,18,20H,5-14,16H2,1-4H3,(H,25,27). The Morgan fingerprint density at radius 1 is 1.27 bits per heavy atom. The summed E-state index contributed by atoms with van der Waals surface area (Å²) in [6.45, 7) is 12.8. The van der Waals surface area contributed by atoms with Crippen LogP contribution in [0.2, 0.25) is 0 Å². The molecular weight excluding hydrogens is 380 g/mol. The van der Waals surface area contributed by atoms with E-state index in [1.54, 1.807) is 7.11 Å². The maximum atomic E-state index is 12.5. The minimum atomic E-state index is 0.000562. The fraction of sp³-hybridized carbons (Fsp3) is 0.708. The van der Waals surface area contributed by atoms with Gasteiger partial charge in [0.25, 0.3) is 0 Å². The molecule has 1 saturated heterocycles.